The third kappa shape index (κ3) is 4.64. The van der Waals surface area contributed by atoms with Gasteiger partial charge in [0.15, 0.2) is 0 Å². The number of carboxylic acids is 1. The molecule has 144 valence electrons. The van der Waals surface area contributed by atoms with E-state index in [0.29, 0.717) is 6.61 Å². The quantitative estimate of drug-likeness (QED) is 0.660. The zero-order valence-electron chi connectivity index (χ0n) is 15.8. The van der Waals surface area contributed by atoms with Crippen molar-refractivity contribution in [3.05, 3.63) is 0 Å². The van der Waals surface area contributed by atoms with E-state index in [4.69, 9.17) is 9.84 Å². The van der Waals surface area contributed by atoms with Crippen molar-refractivity contribution in [1.29, 1.82) is 0 Å². The molecule has 1 atom stereocenters. The van der Waals surface area contributed by atoms with Crippen LogP contribution >= 0.6 is 0 Å². The van der Waals surface area contributed by atoms with Gasteiger partial charge in [-0.1, -0.05) is 20.3 Å². The summed E-state index contributed by atoms with van der Waals surface area (Å²) in [6.45, 7) is 6.28. The van der Waals surface area contributed by atoms with Gasteiger partial charge in [0.1, 0.15) is 0 Å². The van der Waals surface area contributed by atoms with E-state index in [9.17, 15) is 9.59 Å². The van der Waals surface area contributed by atoms with E-state index in [1.807, 2.05) is 16.7 Å². The summed E-state index contributed by atoms with van der Waals surface area (Å²) in [5, 5.41) is 12.1. The molecule has 7 heteroatoms. The second kappa shape index (κ2) is 8.85. The van der Waals surface area contributed by atoms with Crippen molar-refractivity contribution in [2.45, 2.75) is 70.0 Å². The summed E-state index contributed by atoms with van der Waals surface area (Å²) in [5.41, 5.74) is -0.171. The Kier molecular flexibility index (Phi) is 7.07. The van der Waals surface area contributed by atoms with E-state index < -0.39 is 5.97 Å². The highest BCUT2D eigenvalue weighted by Gasteiger charge is 2.44. The fraction of sp³-hybridized carbons (Fsp3) is 0.889. The highest BCUT2D eigenvalue weighted by atomic mass is 16.5. The molecular formula is C18H33N3O4. The number of carboxylic acid groups (broad SMARTS) is 1. The Balaban J connectivity index is 1.87. The minimum absolute atomic E-state index is 0.00716. The van der Waals surface area contributed by atoms with Crippen molar-refractivity contribution in [2.75, 3.05) is 33.4 Å². The Morgan fingerprint density at radius 3 is 2.64 bits per heavy atom. The van der Waals surface area contributed by atoms with Crippen LogP contribution in [0.25, 0.3) is 0 Å². The van der Waals surface area contributed by atoms with Crippen molar-refractivity contribution in [1.82, 2.24) is 15.1 Å². The van der Waals surface area contributed by atoms with Crippen molar-refractivity contribution in [3.63, 3.8) is 0 Å². The van der Waals surface area contributed by atoms with E-state index in [-0.39, 0.29) is 30.2 Å². The predicted octanol–water partition coefficient (Wildman–Crippen LogP) is 1.91. The summed E-state index contributed by atoms with van der Waals surface area (Å²) in [7, 11) is 1.70. The number of hydrogen-bond donors (Lipinski definition) is 2. The SMILES string of the molecule is CCCC1(COC)CCCN1C(=O)NC1CC(N(CC)CC(=O)O)C1. The lowest BCUT2D eigenvalue weighted by atomic mass is 9.85. The molecule has 2 N–H and O–H groups in total. The molecular weight excluding hydrogens is 322 g/mol. The van der Waals surface area contributed by atoms with Gasteiger partial charge in [0.05, 0.1) is 18.7 Å². The van der Waals surface area contributed by atoms with Gasteiger partial charge < -0.3 is 20.1 Å². The van der Waals surface area contributed by atoms with Gasteiger partial charge in [-0.05, 0) is 38.6 Å². The van der Waals surface area contributed by atoms with Crippen LogP contribution in [0.3, 0.4) is 0 Å². The first-order valence-corrected chi connectivity index (χ1v) is 9.48. The molecule has 7 nitrogen and oxygen atoms in total. The fourth-order valence-corrected chi connectivity index (χ4v) is 4.40. The number of urea groups is 1. The van der Waals surface area contributed by atoms with Crippen LogP contribution < -0.4 is 5.32 Å². The Bertz CT molecular complexity index is 459. The third-order valence-corrected chi connectivity index (χ3v) is 5.67. The van der Waals surface area contributed by atoms with Gasteiger partial charge in [0, 0.05) is 25.7 Å². The van der Waals surface area contributed by atoms with E-state index in [1.54, 1.807) is 7.11 Å². The summed E-state index contributed by atoms with van der Waals surface area (Å²) in [6, 6.07) is 0.403. The molecule has 1 saturated heterocycles. The first kappa shape index (κ1) is 20.0. The molecule has 1 heterocycles. The number of nitrogens with zero attached hydrogens (tertiary/aromatic N) is 2. The zero-order valence-corrected chi connectivity index (χ0v) is 15.8. The van der Waals surface area contributed by atoms with Crippen LogP contribution in [-0.4, -0.2) is 77.9 Å². The lowest BCUT2D eigenvalue weighted by molar-refractivity contribution is -0.139. The maximum absolute atomic E-state index is 12.8. The largest absolute Gasteiger partial charge is 0.480 e. The molecule has 1 aliphatic heterocycles. The molecule has 2 fully saturated rings. The smallest absolute Gasteiger partial charge is 0.318 e. The van der Waals surface area contributed by atoms with Crippen molar-refractivity contribution in [3.8, 4) is 0 Å². The molecule has 0 spiro atoms. The summed E-state index contributed by atoms with van der Waals surface area (Å²) < 4.78 is 5.42. The van der Waals surface area contributed by atoms with Crippen LogP contribution in [0.4, 0.5) is 4.79 Å². The number of amides is 2. The van der Waals surface area contributed by atoms with E-state index in [1.165, 1.54) is 0 Å². The second-order valence-electron chi connectivity index (χ2n) is 7.39. The number of aliphatic carboxylic acids is 1. The maximum atomic E-state index is 12.8. The van der Waals surface area contributed by atoms with E-state index in [2.05, 4.69) is 12.2 Å². The molecule has 0 bridgehead atoms. The molecule has 0 aromatic rings. The Hall–Kier alpha value is -1.34. The Morgan fingerprint density at radius 1 is 1.36 bits per heavy atom. The minimum Gasteiger partial charge on any atom is -0.480 e. The monoisotopic (exact) mass is 355 g/mol. The lowest BCUT2D eigenvalue weighted by Gasteiger charge is -2.44. The Morgan fingerprint density at radius 2 is 2.08 bits per heavy atom. The molecule has 2 rings (SSSR count). The zero-order chi connectivity index (χ0) is 18.4. The number of likely N-dealkylation sites (N-methyl/N-ethyl adjacent to an activating group) is 1. The second-order valence-corrected chi connectivity index (χ2v) is 7.39. The number of carbonyl (C=O) groups is 2. The van der Waals surface area contributed by atoms with Crippen LogP contribution in [0.5, 0.6) is 0 Å². The number of ether oxygens (including phenoxy) is 1. The van der Waals surface area contributed by atoms with Crippen LogP contribution in [0.15, 0.2) is 0 Å². The van der Waals surface area contributed by atoms with Gasteiger partial charge in [0.2, 0.25) is 0 Å². The van der Waals surface area contributed by atoms with Crippen LogP contribution in [-0.2, 0) is 9.53 Å². The Labute approximate surface area is 150 Å². The average Bonchev–Trinajstić information content (AvgIpc) is 2.92. The topological polar surface area (TPSA) is 82.1 Å². The lowest BCUT2D eigenvalue weighted by Crippen LogP contribution is -2.60. The number of methoxy groups -OCH3 is 1. The van der Waals surface area contributed by atoms with Crippen molar-refractivity contribution >= 4 is 12.0 Å². The first-order chi connectivity index (χ1) is 12.0. The molecule has 2 amide bonds. The molecule has 25 heavy (non-hydrogen) atoms. The van der Waals surface area contributed by atoms with Gasteiger partial charge in [0.25, 0.3) is 0 Å². The molecule has 0 radical (unpaired) electrons. The summed E-state index contributed by atoms with van der Waals surface area (Å²) in [5.74, 6) is -0.796. The summed E-state index contributed by atoms with van der Waals surface area (Å²) in [6.07, 6.45) is 5.66. The predicted molar refractivity (Wildman–Crippen MR) is 95.7 cm³/mol. The highest BCUT2D eigenvalue weighted by Crippen LogP contribution is 2.34. The first-order valence-electron chi connectivity index (χ1n) is 9.48. The third-order valence-electron chi connectivity index (χ3n) is 5.67. The van der Waals surface area contributed by atoms with Gasteiger partial charge in [-0.25, -0.2) is 4.79 Å². The molecule has 2 aliphatic rings. The van der Waals surface area contributed by atoms with Gasteiger partial charge in [-0.2, -0.15) is 0 Å². The molecule has 0 aromatic heterocycles. The fourth-order valence-electron chi connectivity index (χ4n) is 4.40. The molecule has 1 unspecified atom stereocenters. The van der Waals surface area contributed by atoms with Crippen molar-refractivity contribution in [2.24, 2.45) is 0 Å². The molecule has 0 aromatic carbocycles. The summed E-state index contributed by atoms with van der Waals surface area (Å²) >= 11 is 0. The van der Waals surface area contributed by atoms with Crippen molar-refractivity contribution < 1.29 is 19.4 Å². The number of rotatable bonds is 9. The average molecular weight is 355 g/mol. The van der Waals surface area contributed by atoms with Crippen LogP contribution in [0, 0.1) is 0 Å². The molecule has 1 aliphatic carbocycles. The maximum Gasteiger partial charge on any atom is 0.318 e. The number of carbonyl (C=O) groups excluding carboxylic acids is 1. The van der Waals surface area contributed by atoms with Crippen LogP contribution in [0.1, 0.15) is 52.4 Å². The molecule has 1 saturated carbocycles. The van der Waals surface area contributed by atoms with Gasteiger partial charge in [-0.15, -0.1) is 0 Å². The van der Waals surface area contributed by atoms with E-state index >= 15 is 0 Å². The highest BCUT2D eigenvalue weighted by molar-refractivity contribution is 5.76. The van der Waals surface area contributed by atoms with E-state index in [0.717, 1.165) is 51.6 Å². The number of likely N-dealkylation sites (tertiary alicyclic amines) is 1. The number of nitrogens with one attached hydrogen (secondary N) is 1. The normalized spacial score (nSPS) is 28.9. The standard InChI is InChI=1S/C18H33N3O4/c1-4-7-18(13-25-3)8-6-9-21(18)17(24)19-14-10-15(11-14)20(5-2)12-16(22)23/h14-15H,4-13H2,1-3H3,(H,19,24)(H,22,23). The van der Waals surface area contributed by atoms with Gasteiger partial charge in [-0.3, -0.25) is 9.69 Å². The minimum atomic E-state index is -0.796. The van der Waals surface area contributed by atoms with Gasteiger partial charge >= 0.3 is 12.0 Å². The number of hydrogen-bond acceptors (Lipinski definition) is 4. The summed E-state index contributed by atoms with van der Waals surface area (Å²) in [4.78, 5) is 27.6. The van der Waals surface area contributed by atoms with Crippen LogP contribution in [0.2, 0.25) is 0 Å².